The highest BCUT2D eigenvalue weighted by Crippen LogP contribution is 2.24. The summed E-state index contributed by atoms with van der Waals surface area (Å²) in [6, 6.07) is -1.24. The van der Waals surface area contributed by atoms with Crippen molar-refractivity contribution >= 4 is 5.91 Å². The normalized spacial score (nSPS) is 46.8. The lowest BCUT2D eigenvalue weighted by Gasteiger charge is -2.42. The van der Waals surface area contributed by atoms with Gasteiger partial charge < -0.3 is 55.3 Å². The number of ether oxygens (including phenoxy) is 3. The number of nitrogens with one attached hydrogen (secondary N) is 1. The molecule has 2 rings (SSSR count). The van der Waals surface area contributed by atoms with Gasteiger partial charge in [-0.1, -0.05) is 0 Å². The average molecular weight is 383 g/mol. The first-order valence-electron chi connectivity index (χ1n) is 8.06. The zero-order chi connectivity index (χ0) is 19.6. The predicted molar refractivity (Wildman–Crippen MR) is 80.2 cm³/mol. The van der Waals surface area contributed by atoms with Crippen molar-refractivity contribution in [1.29, 1.82) is 0 Å². The second-order valence-electron chi connectivity index (χ2n) is 6.30. The zero-order valence-corrected chi connectivity index (χ0v) is 14.0. The first-order chi connectivity index (χ1) is 12.2. The lowest BCUT2D eigenvalue weighted by atomic mass is 9.97. The van der Waals surface area contributed by atoms with Gasteiger partial charge in [0, 0.05) is 6.92 Å². The fraction of sp³-hybridized carbons (Fsp3) is 0.929. The van der Waals surface area contributed by atoms with E-state index < -0.39 is 80.5 Å². The van der Waals surface area contributed by atoms with Crippen LogP contribution in [0.15, 0.2) is 0 Å². The molecule has 0 bridgehead atoms. The Morgan fingerprint density at radius 2 is 1.54 bits per heavy atom. The molecule has 0 spiro atoms. The van der Waals surface area contributed by atoms with Gasteiger partial charge in [-0.15, -0.1) is 0 Å². The molecule has 12 heteroatoms. The van der Waals surface area contributed by atoms with Crippen molar-refractivity contribution in [2.75, 3.05) is 13.2 Å². The summed E-state index contributed by atoms with van der Waals surface area (Å²) >= 11 is 0. The number of hydrogen-bond donors (Lipinski definition) is 8. The van der Waals surface area contributed by atoms with Gasteiger partial charge >= 0.3 is 0 Å². The van der Waals surface area contributed by atoms with Crippen LogP contribution in [0.1, 0.15) is 6.92 Å². The summed E-state index contributed by atoms with van der Waals surface area (Å²) in [5.41, 5.74) is 0. The first kappa shape index (κ1) is 21.4. The molecule has 2 aliphatic rings. The van der Waals surface area contributed by atoms with E-state index in [0.29, 0.717) is 0 Å². The lowest BCUT2D eigenvalue weighted by Crippen LogP contribution is -2.64. The van der Waals surface area contributed by atoms with E-state index in [2.05, 4.69) is 5.32 Å². The highest BCUT2D eigenvalue weighted by molar-refractivity contribution is 5.73. The Bertz CT molecular complexity index is 478. The number of hydrogen-bond acceptors (Lipinski definition) is 11. The summed E-state index contributed by atoms with van der Waals surface area (Å²) in [5, 5.41) is 70.6. The zero-order valence-electron chi connectivity index (χ0n) is 14.0. The lowest BCUT2D eigenvalue weighted by molar-refractivity contribution is -0.318. The third-order valence-corrected chi connectivity index (χ3v) is 4.36. The summed E-state index contributed by atoms with van der Waals surface area (Å²) in [7, 11) is 0. The van der Waals surface area contributed by atoms with Crippen LogP contribution >= 0.6 is 0 Å². The molecule has 2 heterocycles. The maximum absolute atomic E-state index is 11.1. The standard InChI is InChI=1S/C14H25NO11/c1-4(17)15-7-10(20)9(19)6(25-13(7)23)3-24-14-12(22)11(21)8(18)5(2-16)26-14/h5-14,16,18-23H,2-3H2,1H3,(H,15,17)/t5-,6-,7-,8-,9-,10-,11+,12+,13?,14+/m1/s1. The van der Waals surface area contributed by atoms with E-state index in [9.17, 15) is 35.4 Å². The Kier molecular flexibility index (Phi) is 7.27. The van der Waals surface area contributed by atoms with Crippen molar-refractivity contribution in [1.82, 2.24) is 5.32 Å². The van der Waals surface area contributed by atoms with Crippen molar-refractivity contribution in [2.24, 2.45) is 0 Å². The van der Waals surface area contributed by atoms with Gasteiger partial charge in [-0.25, -0.2) is 0 Å². The van der Waals surface area contributed by atoms with Crippen LogP contribution in [0, 0.1) is 0 Å². The summed E-state index contributed by atoms with van der Waals surface area (Å²) in [4.78, 5) is 11.1. The van der Waals surface area contributed by atoms with Crippen LogP contribution in [0.3, 0.4) is 0 Å². The molecule has 2 saturated heterocycles. The number of aliphatic hydroxyl groups excluding tert-OH is 7. The van der Waals surface area contributed by atoms with Crippen molar-refractivity contribution in [3.63, 3.8) is 0 Å². The molecule has 152 valence electrons. The topological polar surface area (TPSA) is 198 Å². The van der Waals surface area contributed by atoms with E-state index in [0.717, 1.165) is 0 Å². The predicted octanol–water partition coefficient (Wildman–Crippen LogP) is -5.25. The van der Waals surface area contributed by atoms with Crippen molar-refractivity contribution in [2.45, 2.75) is 68.3 Å². The smallest absolute Gasteiger partial charge is 0.217 e. The van der Waals surface area contributed by atoms with E-state index in [-0.39, 0.29) is 0 Å². The van der Waals surface area contributed by atoms with Gasteiger partial charge in [0.2, 0.25) is 5.91 Å². The molecule has 0 radical (unpaired) electrons. The Labute approximate surface area is 148 Å². The van der Waals surface area contributed by atoms with Crippen LogP contribution in [0.25, 0.3) is 0 Å². The van der Waals surface area contributed by atoms with Crippen LogP contribution < -0.4 is 5.32 Å². The van der Waals surface area contributed by atoms with E-state index in [1.54, 1.807) is 0 Å². The minimum atomic E-state index is -1.64. The van der Waals surface area contributed by atoms with Crippen molar-refractivity contribution < 1.29 is 54.8 Å². The Morgan fingerprint density at radius 3 is 2.12 bits per heavy atom. The average Bonchev–Trinajstić information content (AvgIpc) is 2.59. The van der Waals surface area contributed by atoms with Gasteiger partial charge in [-0.3, -0.25) is 4.79 Å². The fourth-order valence-corrected chi connectivity index (χ4v) is 2.87. The van der Waals surface area contributed by atoms with Gasteiger partial charge in [0.05, 0.1) is 13.2 Å². The Hall–Kier alpha value is -0.930. The molecule has 0 aromatic rings. The van der Waals surface area contributed by atoms with E-state index in [4.69, 9.17) is 19.3 Å². The minimum absolute atomic E-state index is 0.467. The number of carbonyl (C=O) groups is 1. The maximum Gasteiger partial charge on any atom is 0.217 e. The molecule has 0 aromatic heterocycles. The van der Waals surface area contributed by atoms with E-state index in [1.807, 2.05) is 0 Å². The second-order valence-corrected chi connectivity index (χ2v) is 6.30. The highest BCUT2D eigenvalue weighted by atomic mass is 16.7. The SMILES string of the molecule is CC(=O)N[C@H]1C(O)O[C@H](CO[C@H]2O[C@H](CO)[C@@H](O)[C@H](O)[C@@H]2O)[C@@H](O)[C@@H]1O. The van der Waals surface area contributed by atoms with Gasteiger partial charge in [-0.05, 0) is 0 Å². The van der Waals surface area contributed by atoms with Gasteiger partial charge in [0.15, 0.2) is 12.6 Å². The molecule has 0 aliphatic carbocycles. The van der Waals surface area contributed by atoms with E-state index in [1.165, 1.54) is 6.92 Å². The molecular formula is C14H25NO11. The molecule has 0 saturated carbocycles. The van der Waals surface area contributed by atoms with Crippen LogP contribution in [0.5, 0.6) is 0 Å². The van der Waals surface area contributed by atoms with E-state index >= 15 is 0 Å². The van der Waals surface area contributed by atoms with Crippen LogP contribution in [0.4, 0.5) is 0 Å². The minimum Gasteiger partial charge on any atom is -0.394 e. The largest absolute Gasteiger partial charge is 0.394 e. The Morgan fingerprint density at radius 1 is 0.923 bits per heavy atom. The molecule has 2 fully saturated rings. The third kappa shape index (κ3) is 4.48. The second kappa shape index (κ2) is 8.84. The Balaban J connectivity index is 1.95. The molecule has 2 aliphatic heterocycles. The van der Waals surface area contributed by atoms with Crippen molar-refractivity contribution in [3.8, 4) is 0 Å². The molecule has 1 amide bonds. The van der Waals surface area contributed by atoms with Crippen LogP contribution in [-0.4, -0.2) is 116 Å². The molecule has 1 unspecified atom stereocenters. The summed E-state index contributed by atoms with van der Waals surface area (Å²) in [6.45, 7) is 0.0636. The number of carbonyl (C=O) groups excluding carboxylic acids is 1. The maximum atomic E-state index is 11.1. The number of rotatable bonds is 5. The fourth-order valence-electron chi connectivity index (χ4n) is 2.87. The molecule has 12 nitrogen and oxygen atoms in total. The highest BCUT2D eigenvalue weighted by Gasteiger charge is 2.47. The van der Waals surface area contributed by atoms with Crippen LogP contribution in [0.2, 0.25) is 0 Å². The molecule has 0 aromatic carbocycles. The number of amides is 1. The summed E-state index contributed by atoms with van der Waals surface area (Å²) in [5.74, 6) is -0.542. The quantitative estimate of drug-likeness (QED) is 0.226. The molecule has 8 N–H and O–H groups in total. The summed E-state index contributed by atoms with van der Waals surface area (Å²) < 4.78 is 15.5. The van der Waals surface area contributed by atoms with Crippen LogP contribution in [-0.2, 0) is 19.0 Å². The van der Waals surface area contributed by atoms with Gasteiger partial charge in [0.25, 0.3) is 0 Å². The van der Waals surface area contributed by atoms with Gasteiger partial charge in [-0.2, -0.15) is 0 Å². The van der Waals surface area contributed by atoms with Gasteiger partial charge in [0.1, 0.15) is 48.8 Å². The number of aliphatic hydroxyl groups is 7. The molecular weight excluding hydrogens is 358 g/mol. The monoisotopic (exact) mass is 383 g/mol. The summed E-state index contributed by atoms with van der Waals surface area (Å²) in [6.07, 6.45) is -13.4. The molecule has 10 atom stereocenters. The molecule has 26 heavy (non-hydrogen) atoms. The third-order valence-electron chi connectivity index (χ3n) is 4.36. The first-order valence-corrected chi connectivity index (χ1v) is 8.06. The van der Waals surface area contributed by atoms with Crippen molar-refractivity contribution in [3.05, 3.63) is 0 Å².